The van der Waals surface area contributed by atoms with Crippen molar-refractivity contribution in [2.75, 3.05) is 20.8 Å². The molecule has 1 aromatic carbocycles. The van der Waals surface area contributed by atoms with Gasteiger partial charge in [-0.2, -0.15) is 10.2 Å². The van der Waals surface area contributed by atoms with Gasteiger partial charge in [-0.1, -0.05) is 0 Å². The van der Waals surface area contributed by atoms with Crippen molar-refractivity contribution in [2.45, 2.75) is 25.9 Å². The van der Waals surface area contributed by atoms with E-state index in [9.17, 15) is 9.59 Å². The molecule has 158 valence electrons. The van der Waals surface area contributed by atoms with Gasteiger partial charge in [0.2, 0.25) is 5.91 Å². The number of amides is 1. The zero-order valence-corrected chi connectivity index (χ0v) is 17.2. The average Bonchev–Trinajstić information content (AvgIpc) is 3.29. The summed E-state index contributed by atoms with van der Waals surface area (Å²) >= 11 is 0. The van der Waals surface area contributed by atoms with E-state index >= 15 is 0 Å². The molecule has 0 saturated heterocycles. The summed E-state index contributed by atoms with van der Waals surface area (Å²) in [5, 5.41) is 11.4. The van der Waals surface area contributed by atoms with Crippen molar-refractivity contribution < 1.29 is 14.3 Å². The summed E-state index contributed by atoms with van der Waals surface area (Å²) in [4.78, 5) is 25.1. The van der Waals surface area contributed by atoms with Crippen molar-refractivity contribution in [1.29, 1.82) is 0 Å². The van der Waals surface area contributed by atoms with Gasteiger partial charge in [0.15, 0.2) is 5.75 Å². The minimum absolute atomic E-state index is 0.282. The van der Waals surface area contributed by atoms with Gasteiger partial charge in [0.25, 0.3) is 5.56 Å². The first-order chi connectivity index (χ1) is 14.5. The molecule has 1 N–H and O–H groups in total. The molecular formula is C21H25N5O4. The summed E-state index contributed by atoms with van der Waals surface area (Å²) in [7, 11) is 3.06. The van der Waals surface area contributed by atoms with Gasteiger partial charge in [0.1, 0.15) is 17.5 Å². The Morgan fingerprint density at radius 2 is 1.97 bits per heavy atom. The van der Waals surface area contributed by atoms with E-state index in [1.54, 1.807) is 37.0 Å². The van der Waals surface area contributed by atoms with Crippen LogP contribution in [0.1, 0.15) is 19.4 Å². The molecule has 2 heterocycles. The molecule has 0 aliphatic rings. The summed E-state index contributed by atoms with van der Waals surface area (Å²) in [5.41, 5.74) is 0.801. The second-order valence-electron chi connectivity index (χ2n) is 6.66. The van der Waals surface area contributed by atoms with E-state index < -0.39 is 11.6 Å². The molecule has 0 bridgehead atoms. The Hall–Kier alpha value is -3.62. The molecule has 30 heavy (non-hydrogen) atoms. The molecule has 0 saturated carbocycles. The lowest BCUT2D eigenvalue weighted by atomic mass is 10.1. The number of benzene rings is 1. The predicted octanol–water partition coefficient (Wildman–Crippen LogP) is 1.89. The van der Waals surface area contributed by atoms with Crippen LogP contribution in [0.2, 0.25) is 0 Å². The Bertz CT molecular complexity index is 1030. The highest BCUT2D eigenvalue weighted by Gasteiger charge is 2.20. The Morgan fingerprint density at radius 1 is 1.20 bits per heavy atom. The molecule has 0 radical (unpaired) electrons. The quantitative estimate of drug-likeness (QED) is 0.540. The maximum absolute atomic E-state index is 12.6. The molecule has 0 aliphatic carbocycles. The van der Waals surface area contributed by atoms with Crippen molar-refractivity contribution in [3.05, 3.63) is 59.1 Å². The topological polar surface area (TPSA) is 100 Å². The van der Waals surface area contributed by atoms with Crippen molar-refractivity contribution in [2.24, 2.45) is 0 Å². The SMILES string of the molecule is COc1ccc(-c2nn([C@@H](C)C(=O)NCCCn3cccn3)c(=O)cc2OC)cc1. The van der Waals surface area contributed by atoms with Crippen LogP contribution in [0.3, 0.4) is 0 Å². The Labute approximate surface area is 174 Å². The molecule has 0 unspecified atom stereocenters. The standard InChI is InChI=1S/C21H25N5O4/c1-15(21(28)22-10-4-12-25-13-5-11-23-25)26-19(27)14-18(30-3)20(24-26)16-6-8-17(29-2)9-7-16/h5-9,11,13-15H,4,10,12H2,1-3H3,(H,22,28)/t15-/m0/s1. The van der Waals surface area contributed by atoms with Crippen LogP contribution in [0.15, 0.2) is 53.6 Å². The summed E-state index contributed by atoms with van der Waals surface area (Å²) in [5.74, 6) is 0.762. The van der Waals surface area contributed by atoms with Crippen LogP contribution in [0.5, 0.6) is 11.5 Å². The van der Waals surface area contributed by atoms with Crippen LogP contribution >= 0.6 is 0 Å². The number of hydrogen-bond donors (Lipinski definition) is 1. The second-order valence-corrected chi connectivity index (χ2v) is 6.66. The highest BCUT2D eigenvalue weighted by molar-refractivity contribution is 5.79. The van der Waals surface area contributed by atoms with E-state index in [4.69, 9.17) is 9.47 Å². The molecule has 0 spiro atoms. The number of nitrogens with one attached hydrogen (secondary N) is 1. The van der Waals surface area contributed by atoms with Crippen LogP contribution in [-0.4, -0.2) is 46.2 Å². The van der Waals surface area contributed by atoms with Gasteiger partial charge in [0, 0.05) is 37.1 Å². The summed E-state index contributed by atoms with van der Waals surface area (Å²) in [6, 6.07) is 9.64. The maximum atomic E-state index is 12.6. The van der Waals surface area contributed by atoms with E-state index in [2.05, 4.69) is 15.5 Å². The van der Waals surface area contributed by atoms with Crippen LogP contribution in [0.25, 0.3) is 11.3 Å². The van der Waals surface area contributed by atoms with Gasteiger partial charge < -0.3 is 14.8 Å². The molecule has 9 heteroatoms. The van der Waals surface area contributed by atoms with Crippen LogP contribution in [-0.2, 0) is 11.3 Å². The number of rotatable bonds is 9. The first kappa shape index (κ1) is 21.1. The van der Waals surface area contributed by atoms with Crippen LogP contribution in [0, 0.1) is 0 Å². The average molecular weight is 411 g/mol. The first-order valence-corrected chi connectivity index (χ1v) is 9.61. The minimum Gasteiger partial charge on any atom is -0.497 e. The van der Waals surface area contributed by atoms with Crippen molar-refractivity contribution in [1.82, 2.24) is 24.9 Å². The van der Waals surface area contributed by atoms with E-state index in [0.717, 1.165) is 12.0 Å². The molecule has 9 nitrogen and oxygen atoms in total. The third-order valence-electron chi connectivity index (χ3n) is 4.67. The number of carbonyl (C=O) groups is 1. The van der Waals surface area contributed by atoms with E-state index in [0.29, 0.717) is 30.3 Å². The Balaban J connectivity index is 1.74. The first-order valence-electron chi connectivity index (χ1n) is 9.61. The lowest BCUT2D eigenvalue weighted by Gasteiger charge is -2.17. The molecule has 1 atom stereocenters. The van der Waals surface area contributed by atoms with Gasteiger partial charge in [-0.25, -0.2) is 4.68 Å². The number of ether oxygens (including phenoxy) is 2. The summed E-state index contributed by atoms with van der Waals surface area (Å²) in [6.07, 6.45) is 4.30. The number of nitrogens with zero attached hydrogens (tertiary/aromatic N) is 4. The number of aryl methyl sites for hydroxylation is 1. The van der Waals surface area contributed by atoms with Gasteiger partial charge in [-0.05, 0) is 43.7 Å². The molecule has 0 fully saturated rings. The monoisotopic (exact) mass is 411 g/mol. The van der Waals surface area contributed by atoms with E-state index in [1.807, 2.05) is 24.4 Å². The zero-order valence-electron chi connectivity index (χ0n) is 17.2. The Morgan fingerprint density at radius 3 is 2.60 bits per heavy atom. The van der Waals surface area contributed by atoms with Crippen molar-refractivity contribution in [3.8, 4) is 22.8 Å². The summed E-state index contributed by atoms with van der Waals surface area (Å²) in [6.45, 7) is 2.81. The zero-order chi connectivity index (χ0) is 21.5. The third kappa shape index (κ3) is 4.86. The van der Waals surface area contributed by atoms with Crippen LogP contribution < -0.4 is 20.3 Å². The molecular weight excluding hydrogens is 386 g/mol. The maximum Gasteiger partial charge on any atom is 0.271 e. The lowest BCUT2D eigenvalue weighted by molar-refractivity contribution is -0.124. The van der Waals surface area contributed by atoms with E-state index in [1.165, 1.54) is 17.9 Å². The Kier molecular flexibility index (Phi) is 6.84. The van der Waals surface area contributed by atoms with Crippen molar-refractivity contribution >= 4 is 5.91 Å². The number of aromatic nitrogens is 4. The second kappa shape index (κ2) is 9.73. The number of methoxy groups -OCH3 is 2. The third-order valence-corrected chi connectivity index (χ3v) is 4.67. The van der Waals surface area contributed by atoms with Gasteiger partial charge >= 0.3 is 0 Å². The molecule has 0 aliphatic heterocycles. The molecule has 1 amide bonds. The van der Waals surface area contributed by atoms with Crippen molar-refractivity contribution in [3.63, 3.8) is 0 Å². The predicted molar refractivity (Wildman–Crippen MR) is 112 cm³/mol. The normalized spacial score (nSPS) is 11.7. The molecule has 3 rings (SSSR count). The molecule has 3 aromatic rings. The fourth-order valence-corrected chi connectivity index (χ4v) is 2.98. The molecule has 2 aromatic heterocycles. The lowest BCUT2D eigenvalue weighted by Crippen LogP contribution is -2.37. The fraction of sp³-hybridized carbons (Fsp3) is 0.333. The minimum atomic E-state index is -0.773. The fourth-order valence-electron chi connectivity index (χ4n) is 2.98. The summed E-state index contributed by atoms with van der Waals surface area (Å²) < 4.78 is 13.5. The largest absolute Gasteiger partial charge is 0.497 e. The van der Waals surface area contributed by atoms with Gasteiger partial charge in [-0.3, -0.25) is 14.3 Å². The van der Waals surface area contributed by atoms with Crippen LogP contribution in [0.4, 0.5) is 0 Å². The number of hydrogen-bond acceptors (Lipinski definition) is 6. The van der Waals surface area contributed by atoms with E-state index in [-0.39, 0.29) is 5.91 Å². The smallest absolute Gasteiger partial charge is 0.271 e. The van der Waals surface area contributed by atoms with Gasteiger partial charge in [0.05, 0.1) is 14.2 Å². The van der Waals surface area contributed by atoms with Gasteiger partial charge in [-0.15, -0.1) is 0 Å². The number of carbonyl (C=O) groups excluding carboxylic acids is 1. The highest BCUT2D eigenvalue weighted by atomic mass is 16.5. The highest BCUT2D eigenvalue weighted by Crippen LogP contribution is 2.28.